The highest BCUT2D eigenvalue weighted by Crippen LogP contribution is 2.25. The number of rotatable bonds is 3. The van der Waals surface area contributed by atoms with Gasteiger partial charge in [-0.25, -0.2) is 4.39 Å². The molecule has 1 aromatic rings. The highest BCUT2D eigenvalue weighted by molar-refractivity contribution is 9.10. The summed E-state index contributed by atoms with van der Waals surface area (Å²) in [6.45, 7) is 2.46. The summed E-state index contributed by atoms with van der Waals surface area (Å²) in [6.07, 6.45) is 1.19. The third-order valence-electron chi connectivity index (χ3n) is 3.05. The molecule has 0 aliphatic carbocycles. The van der Waals surface area contributed by atoms with Gasteiger partial charge in [0, 0.05) is 12.3 Å². The molecule has 1 aliphatic rings. The topological polar surface area (TPSA) is 26.3 Å². The Hall–Kier alpha value is -0.740. The minimum Gasteiger partial charge on any atom is -0.378 e. The van der Waals surface area contributed by atoms with Crippen LogP contribution < -0.4 is 0 Å². The Morgan fingerprint density at radius 2 is 2.35 bits per heavy atom. The zero-order chi connectivity index (χ0) is 12.4. The number of benzene rings is 1. The van der Waals surface area contributed by atoms with Crippen LogP contribution in [0, 0.1) is 11.7 Å². The number of hydrogen-bond acceptors (Lipinski definition) is 2. The number of ether oxygens (including phenoxy) is 1. The lowest BCUT2D eigenvalue weighted by Crippen LogP contribution is -2.17. The zero-order valence-electron chi connectivity index (χ0n) is 9.58. The minimum absolute atomic E-state index is 0.0415. The van der Waals surface area contributed by atoms with Crippen LogP contribution >= 0.6 is 15.9 Å². The lowest BCUT2D eigenvalue weighted by Gasteiger charge is -2.08. The molecule has 2 atom stereocenters. The average Bonchev–Trinajstić information content (AvgIpc) is 2.72. The maximum Gasteiger partial charge on any atom is 0.142 e. The number of carbonyl (C=O) groups is 1. The molecule has 0 spiro atoms. The fourth-order valence-corrected chi connectivity index (χ4v) is 2.46. The largest absolute Gasteiger partial charge is 0.378 e. The number of halogens is 2. The maximum atomic E-state index is 13.3. The summed E-state index contributed by atoms with van der Waals surface area (Å²) in [4.78, 5) is 12.0. The molecule has 2 rings (SSSR count). The van der Waals surface area contributed by atoms with Gasteiger partial charge in [0.1, 0.15) is 11.6 Å². The van der Waals surface area contributed by atoms with E-state index in [4.69, 9.17) is 4.74 Å². The molecular formula is C13H14BrFO2. The van der Waals surface area contributed by atoms with Crippen molar-refractivity contribution in [2.75, 3.05) is 6.61 Å². The third kappa shape index (κ3) is 2.93. The number of hydrogen-bond donors (Lipinski definition) is 0. The Balaban J connectivity index is 2.06. The van der Waals surface area contributed by atoms with Crippen LogP contribution in [0.5, 0.6) is 0 Å². The zero-order valence-corrected chi connectivity index (χ0v) is 11.2. The highest BCUT2D eigenvalue weighted by atomic mass is 79.9. The van der Waals surface area contributed by atoms with Gasteiger partial charge in [0.2, 0.25) is 0 Å². The van der Waals surface area contributed by atoms with Crippen LogP contribution in [0.15, 0.2) is 22.7 Å². The van der Waals surface area contributed by atoms with Crippen molar-refractivity contribution < 1.29 is 13.9 Å². The van der Waals surface area contributed by atoms with Gasteiger partial charge in [-0.3, -0.25) is 4.79 Å². The lowest BCUT2D eigenvalue weighted by atomic mass is 9.96. The van der Waals surface area contributed by atoms with E-state index < -0.39 is 0 Å². The summed E-state index contributed by atoms with van der Waals surface area (Å²) in [5.74, 6) is -0.243. The Labute approximate surface area is 108 Å². The molecule has 1 saturated heterocycles. The molecule has 0 saturated carbocycles. The minimum atomic E-state index is -0.327. The fourth-order valence-electron chi connectivity index (χ4n) is 2.06. The molecule has 1 aliphatic heterocycles. The smallest absolute Gasteiger partial charge is 0.142 e. The van der Waals surface area contributed by atoms with Gasteiger partial charge in [-0.15, -0.1) is 0 Å². The van der Waals surface area contributed by atoms with E-state index in [0.717, 1.165) is 6.42 Å². The molecule has 92 valence electrons. The fraction of sp³-hybridized carbons (Fsp3) is 0.462. The lowest BCUT2D eigenvalue weighted by molar-refractivity contribution is -0.122. The van der Waals surface area contributed by atoms with Gasteiger partial charge < -0.3 is 4.74 Å². The molecule has 17 heavy (non-hydrogen) atoms. The van der Waals surface area contributed by atoms with Gasteiger partial charge in [-0.05, 0) is 40.9 Å². The second-order valence-corrected chi connectivity index (χ2v) is 5.23. The summed E-state index contributed by atoms with van der Waals surface area (Å²) in [5.41, 5.74) is 0.703. The standard InChI is InChI=1S/C13H14BrFO2/c1-8-5-10(7-17-8)12(16)6-9-3-2-4-11(15)13(9)14/h2-4,8,10H,5-7H2,1H3. The Morgan fingerprint density at radius 3 is 3.00 bits per heavy atom. The molecular weight excluding hydrogens is 287 g/mol. The van der Waals surface area contributed by atoms with Gasteiger partial charge in [-0.2, -0.15) is 0 Å². The summed E-state index contributed by atoms with van der Waals surface area (Å²) in [7, 11) is 0. The average molecular weight is 301 g/mol. The molecule has 2 unspecified atom stereocenters. The van der Waals surface area contributed by atoms with E-state index >= 15 is 0 Å². The van der Waals surface area contributed by atoms with Crippen LogP contribution in [-0.4, -0.2) is 18.5 Å². The summed E-state index contributed by atoms with van der Waals surface area (Å²) < 4.78 is 19.0. The van der Waals surface area contributed by atoms with Crippen LogP contribution in [0.2, 0.25) is 0 Å². The third-order valence-corrected chi connectivity index (χ3v) is 3.94. The van der Waals surface area contributed by atoms with E-state index in [1.54, 1.807) is 12.1 Å². The van der Waals surface area contributed by atoms with Crippen molar-refractivity contribution in [3.63, 3.8) is 0 Å². The van der Waals surface area contributed by atoms with E-state index in [1.165, 1.54) is 6.07 Å². The van der Waals surface area contributed by atoms with Crippen LogP contribution in [0.1, 0.15) is 18.9 Å². The highest BCUT2D eigenvalue weighted by Gasteiger charge is 2.28. The molecule has 4 heteroatoms. The van der Waals surface area contributed by atoms with Crippen molar-refractivity contribution in [3.8, 4) is 0 Å². The molecule has 2 nitrogen and oxygen atoms in total. The predicted molar refractivity (Wildman–Crippen MR) is 66.3 cm³/mol. The van der Waals surface area contributed by atoms with Crippen molar-refractivity contribution >= 4 is 21.7 Å². The molecule has 0 bridgehead atoms. The Bertz CT molecular complexity index is 433. The number of ketones is 1. The van der Waals surface area contributed by atoms with Crippen molar-refractivity contribution in [1.82, 2.24) is 0 Å². The Morgan fingerprint density at radius 1 is 1.59 bits per heavy atom. The number of Topliss-reactive ketones (excluding diaryl/α,β-unsaturated/α-hetero) is 1. The van der Waals surface area contributed by atoms with Gasteiger partial charge in [0.15, 0.2) is 0 Å². The first kappa shape index (κ1) is 12.7. The monoisotopic (exact) mass is 300 g/mol. The molecule has 0 N–H and O–H groups in total. The molecule has 0 aromatic heterocycles. The van der Waals surface area contributed by atoms with Crippen molar-refractivity contribution in [2.24, 2.45) is 5.92 Å². The molecule has 1 fully saturated rings. The summed E-state index contributed by atoms with van der Waals surface area (Å²) >= 11 is 3.17. The maximum absolute atomic E-state index is 13.3. The van der Waals surface area contributed by atoms with Crippen LogP contribution in [0.4, 0.5) is 4.39 Å². The van der Waals surface area contributed by atoms with E-state index in [1.807, 2.05) is 6.92 Å². The van der Waals surface area contributed by atoms with Crippen molar-refractivity contribution in [2.45, 2.75) is 25.9 Å². The van der Waals surface area contributed by atoms with Crippen LogP contribution in [-0.2, 0) is 16.0 Å². The van der Waals surface area contributed by atoms with E-state index in [-0.39, 0.29) is 30.0 Å². The SMILES string of the molecule is CC1CC(C(=O)Cc2cccc(F)c2Br)CO1. The molecule has 1 aromatic carbocycles. The molecule has 1 heterocycles. The summed E-state index contributed by atoms with van der Waals surface area (Å²) in [6, 6.07) is 4.76. The quantitative estimate of drug-likeness (QED) is 0.857. The van der Waals surface area contributed by atoms with Gasteiger partial charge in [0.25, 0.3) is 0 Å². The van der Waals surface area contributed by atoms with E-state index in [2.05, 4.69) is 15.9 Å². The van der Waals surface area contributed by atoms with Crippen molar-refractivity contribution in [1.29, 1.82) is 0 Å². The Kier molecular flexibility index (Phi) is 3.94. The van der Waals surface area contributed by atoms with E-state index in [0.29, 0.717) is 16.6 Å². The summed E-state index contributed by atoms with van der Waals surface area (Å²) in [5, 5.41) is 0. The second-order valence-electron chi connectivity index (χ2n) is 4.43. The second kappa shape index (κ2) is 5.27. The van der Waals surface area contributed by atoms with Crippen molar-refractivity contribution in [3.05, 3.63) is 34.1 Å². The normalized spacial score (nSPS) is 23.9. The number of carbonyl (C=O) groups excluding carboxylic acids is 1. The predicted octanol–water partition coefficient (Wildman–Crippen LogP) is 3.12. The van der Waals surface area contributed by atoms with Gasteiger partial charge in [0.05, 0.1) is 17.2 Å². The van der Waals surface area contributed by atoms with Gasteiger partial charge in [-0.1, -0.05) is 12.1 Å². The first-order chi connectivity index (χ1) is 8.08. The molecule has 0 radical (unpaired) electrons. The van der Waals surface area contributed by atoms with Crippen LogP contribution in [0.25, 0.3) is 0 Å². The van der Waals surface area contributed by atoms with Crippen LogP contribution in [0.3, 0.4) is 0 Å². The first-order valence-corrected chi connectivity index (χ1v) is 6.44. The van der Waals surface area contributed by atoms with E-state index in [9.17, 15) is 9.18 Å². The van der Waals surface area contributed by atoms with Gasteiger partial charge >= 0.3 is 0 Å². The molecule has 0 amide bonds. The first-order valence-electron chi connectivity index (χ1n) is 5.65.